The predicted molar refractivity (Wildman–Crippen MR) is 45.8 cm³/mol. The van der Waals surface area contributed by atoms with Gasteiger partial charge in [0.25, 0.3) is 0 Å². The van der Waals surface area contributed by atoms with Gasteiger partial charge in [0.15, 0.2) is 0 Å². The highest BCUT2D eigenvalue weighted by Crippen LogP contribution is 2.37. The Morgan fingerprint density at radius 2 is 2.23 bits per heavy atom. The van der Waals surface area contributed by atoms with Gasteiger partial charge in [-0.05, 0) is 19.4 Å². The molecule has 0 saturated carbocycles. The molecule has 0 aromatic rings. The quantitative estimate of drug-likeness (QED) is 0.520. The average molecular weight is 208 g/mol. The second kappa shape index (κ2) is 3.75. The molecule has 0 radical (unpaired) electrons. The summed E-state index contributed by atoms with van der Waals surface area (Å²) in [6, 6.07) is -0.507. The smallest absolute Gasteiger partial charge is 0.339 e. The lowest BCUT2D eigenvalue weighted by molar-refractivity contribution is -0.122. The second-order valence-corrected chi connectivity index (χ2v) is 4.79. The van der Waals surface area contributed by atoms with Gasteiger partial charge in [0.2, 0.25) is 5.91 Å². The maximum Gasteiger partial charge on any atom is 0.339 e. The lowest BCUT2D eigenvalue weighted by atomic mass is 10.2. The summed E-state index contributed by atoms with van der Waals surface area (Å²) < 4.78 is 10.7. The molecule has 0 unspecified atom stereocenters. The van der Waals surface area contributed by atoms with Crippen molar-refractivity contribution in [3.8, 4) is 0 Å². The van der Waals surface area contributed by atoms with Crippen molar-refractivity contribution in [2.24, 2.45) is 5.73 Å². The van der Waals surface area contributed by atoms with Gasteiger partial charge in [0.05, 0.1) is 6.04 Å². The van der Waals surface area contributed by atoms with Crippen molar-refractivity contribution >= 4 is 13.5 Å². The molecule has 1 rings (SSSR count). The van der Waals surface area contributed by atoms with Crippen LogP contribution in [0.25, 0.3) is 0 Å². The summed E-state index contributed by atoms with van der Waals surface area (Å²) in [7, 11) is -4.07. The molecule has 1 amide bonds. The molecule has 0 aromatic heterocycles. The number of nitrogens with two attached hydrogens (primary N) is 1. The number of amides is 1. The zero-order valence-electron chi connectivity index (χ0n) is 7.09. The predicted octanol–water partition coefficient (Wildman–Crippen LogP) is -0.929. The van der Waals surface area contributed by atoms with Crippen LogP contribution in [0.3, 0.4) is 0 Å². The zero-order chi connectivity index (χ0) is 10.1. The van der Waals surface area contributed by atoms with Crippen molar-refractivity contribution in [2.75, 3.05) is 12.8 Å². The van der Waals surface area contributed by atoms with Gasteiger partial charge in [-0.15, -0.1) is 0 Å². The third-order valence-corrected chi connectivity index (χ3v) is 2.79. The van der Waals surface area contributed by atoms with Crippen LogP contribution >= 0.6 is 7.60 Å². The summed E-state index contributed by atoms with van der Waals surface area (Å²) >= 11 is 0. The molecule has 1 heterocycles. The van der Waals surface area contributed by atoms with E-state index in [0.717, 1.165) is 6.42 Å². The molecule has 1 aliphatic rings. The third-order valence-electron chi connectivity index (χ3n) is 2.06. The van der Waals surface area contributed by atoms with Gasteiger partial charge in [0.1, 0.15) is 6.29 Å². The molecule has 7 heteroatoms. The molecule has 1 atom stereocenters. The molecule has 0 aliphatic carbocycles. The van der Waals surface area contributed by atoms with Crippen LogP contribution in [0, 0.1) is 0 Å². The molecule has 0 bridgehead atoms. The number of hydrogen-bond acceptors (Lipinski definition) is 3. The van der Waals surface area contributed by atoms with Gasteiger partial charge >= 0.3 is 7.60 Å². The minimum absolute atomic E-state index is 0.374. The summed E-state index contributed by atoms with van der Waals surface area (Å²) in [5.41, 5.74) is 5.07. The largest absolute Gasteiger partial charge is 0.368 e. The number of rotatable bonds is 3. The topological polar surface area (TPSA) is 104 Å². The molecule has 6 nitrogen and oxygen atoms in total. The number of likely N-dealkylation sites (tertiary alicyclic amines) is 1. The molecular weight excluding hydrogens is 195 g/mol. The number of nitrogens with zero attached hydrogens (tertiary/aromatic N) is 1. The Morgan fingerprint density at radius 3 is 2.69 bits per heavy atom. The van der Waals surface area contributed by atoms with Crippen molar-refractivity contribution < 1.29 is 19.1 Å². The monoisotopic (exact) mass is 208 g/mol. The van der Waals surface area contributed by atoms with E-state index in [1.807, 2.05) is 0 Å². The minimum Gasteiger partial charge on any atom is -0.368 e. The molecule has 1 aliphatic heterocycles. The van der Waals surface area contributed by atoms with Crippen molar-refractivity contribution in [1.29, 1.82) is 0 Å². The highest BCUT2D eigenvalue weighted by atomic mass is 31.2. The fourth-order valence-corrected chi connectivity index (χ4v) is 2.37. The fourth-order valence-electron chi connectivity index (χ4n) is 1.55. The van der Waals surface area contributed by atoms with Crippen LogP contribution in [0.2, 0.25) is 0 Å². The second-order valence-electron chi connectivity index (χ2n) is 3.18. The molecular formula is C6H13N2O4P. The van der Waals surface area contributed by atoms with E-state index in [2.05, 4.69) is 0 Å². The minimum atomic E-state index is -4.07. The first kappa shape index (κ1) is 10.7. The summed E-state index contributed by atoms with van der Waals surface area (Å²) in [4.78, 5) is 29.7. The first-order valence-electron chi connectivity index (χ1n) is 3.98. The number of hydrogen-bond donors (Lipinski definition) is 3. The van der Waals surface area contributed by atoms with E-state index < -0.39 is 19.5 Å². The lowest BCUT2D eigenvalue weighted by Gasteiger charge is -2.21. The Balaban J connectivity index is 2.59. The van der Waals surface area contributed by atoms with Crippen LogP contribution in [0.5, 0.6) is 0 Å². The first-order chi connectivity index (χ1) is 5.90. The van der Waals surface area contributed by atoms with E-state index in [-0.39, 0.29) is 6.29 Å². The van der Waals surface area contributed by atoms with Crippen LogP contribution in [0.15, 0.2) is 0 Å². The SMILES string of the molecule is NC(=O)[C@@H]1CCCN1CP(=O)(O)O. The van der Waals surface area contributed by atoms with E-state index in [1.165, 1.54) is 4.90 Å². The van der Waals surface area contributed by atoms with Crippen LogP contribution in [-0.2, 0) is 9.36 Å². The Kier molecular flexibility index (Phi) is 3.08. The summed E-state index contributed by atoms with van der Waals surface area (Å²) in [6.07, 6.45) is 0.976. The normalized spacial score (nSPS) is 24.9. The van der Waals surface area contributed by atoms with Gasteiger partial charge in [-0.2, -0.15) is 0 Å². The summed E-state index contributed by atoms with van der Waals surface area (Å²) in [5.74, 6) is -0.508. The Hall–Kier alpha value is -0.420. The fraction of sp³-hybridized carbons (Fsp3) is 0.833. The highest BCUT2D eigenvalue weighted by molar-refractivity contribution is 7.51. The first-order valence-corrected chi connectivity index (χ1v) is 5.78. The lowest BCUT2D eigenvalue weighted by Crippen LogP contribution is -2.40. The summed E-state index contributed by atoms with van der Waals surface area (Å²) in [5, 5.41) is 0. The van der Waals surface area contributed by atoms with Gasteiger partial charge in [-0.1, -0.05) is 0 Å². The number of primary amides is 1. The standard InChI is InChI=1S/C6H13N2O4P/c7-6(9)5-2-1-3-8(5)4-13(10,11)12/h5H,1-4H2,(H2,7,9)(H2,10,11,12)/t5-/m0/s1. The van der Waals surface area contributed by atoms with Crippen molar-refractivity contribution in [2.45, 2.75) is 18.9 Å². The van der Waals surface area contributed by atoms with E-state index in [9.17, 15) is 9.36 Å². The maximum atomic E-state index is 10.8. The summed E-state index contributed by atoms with van der Waals surface area (Å²) in [6.45, 7) is 0.527. The Labute approximate surface area is 75.9 Å². The molecule has 4 N–H and O–H groups in total. The van der Waals surface area contributed by atoms with Gasteiger partial charge in [-0.3, -0.25) is 14.3 Å². The highest BCUT2D eigenvalue weighted by Gasteiger charge is 2.32. The molecule has 13 heavy (non-hydrogen) atoms. The number of carbonyl (C=O) groups is 1. The van der Waals surface area contributed by atoms with Crippen molar-refractivity contribution in [3.05, 3.63) is 0 Å². The zero-order valence-corrected chi connectivity index (χ0v) is 7.98. The Morgan fingerprint density at radius 1 is 1.62 bits per heavy atom. The van der Waals surface area contributed by atoms with E-state index in [0.29, 0.717) is 13.0 Å². The molecule has 0 spiro atoms. The van der Waals surface area contributed by atoms with Crippen molar-refractivity contribution in [1.82, 2.24) is 4.90 Å². The van der Waals surface area contributed by atoms with Crippen LogP contribution < -0.4 is 5.73 Å². The van der Waals surface area contributed by atoms with E-state index >= 15 is 0 Å². The third kappa shape index (κ3) is 3.08. The van der Waals surface area contributed by atoms with Crippen LogP contribution in [-0.4, -0.2) is 39.5 Å². The molecule has 0 aromatic carbocycles. The van der Waals surface area contributed by atoms with Gasteiger partial charge < -0.3 is 15.5 Å². The van der Waals surface area contributed by atoms with E-state index in [4.69, 9.17) is 15.5 Å². The van der Waals surface area contributed by atoms with Gasteiger partial charge in [0, 0.05) is 0 Å². The molecule has 1 fully saturated rings. The van der Waals surface area contributed by atoms with Crippen LogP contribution in [0.1, 0.15) is 12.8 Å². The van der Waals surface area contributed by atoms with Gasteiger partial charge in [-0.25, -0.2) is 0 Å². The van der Waals surface area contributed by atoms with Crippen LogP contribution in [0.4, 0.5) is 0 Å². The average Bonchev–Trinajstić information content (AvgIpc) is 2.31. The number of carbonyl (C=O) groups excluding carboxylic acids is 1. The molecule has 76 valence electrons. The Bertz CT molecular complexity index is 251. The van der Waals surface area contributed by atoms with Crippen molar-refractivity contribution in [3.63, 3.8) is 0 Å². The molecule has 1 saturated heterocycles. The maximum absolute atomic E-state index is 10.8. The van der Waals surface area contributed by atoms with E-state index in [1.54, 1.807) is 0 Å².